The molecule has 2 amide bonds. The third-order valence-corrected chi connectivity index (χ3v) is 3.60. The van der Waals surface area contributed by atoms with Gasteiger partial charge in [0.05, 0.1) is 6.26 Å². The van der Waals surface area contributed by atoms with Crippen LogP contribution >= 0.6 is 0 Å². The van der Waals surface area contributed by atoms with E-state index >= 15 is 0 Å². The Labute approximate surface area is 140 Å². The normalized spacial score (nSPS) is 12.0. The van der Waals surface area contributed by atoms with E-state index in [9.17, 15) is 14.7 Å². The van der Waals surface area contributed by atoms with Gasteiger partial charge in [0.2, 0.25) is 5.91 Å². The van der Waals surface area contributed by atoms with Crippen LogP contribution in [0.15, 0.2) is 47.1 Å². The number of hydrogen-bond acceptors (Lipinski definition) is 4. The summed E-state index contributed by atoms with van der Waals surface area (Å²) in [5, 5.41) is 14.9. The average molecular weight is 330 g/mol. The number of phenolic OH excluding ortho intramolecular Hbond substituents is 1. The first-order valence-corrected chi connectivity index (χ1v) is 7.87. The van der Waals surface area contributed by atoms with E-state index in [1.165, 1.54) is 6.26 Å². The first-order valence-electron chi connectivity index (χ1n) is 7.87. The van der Waals surface area contributed by atoms with Gasteiger partial charge in [0.15, 0.2) is 5.76 Å². The van der Waals surface area contributed by atoms with E-state index < -0.39 is 11.9 Å². The smallest absolute Gasteiger partial charge is 0.287 e. The summed E-state index contributed by atoms with van der Waals surface area (Å²) < 4.78 is 5.04. The monoisotopic (exact) mass is 330 g/mol. The van der Waals surface area contributed by atoms with Crippen molar-refractivity contribution in [1.82, 2.24) is 10.6 Å². The molecule has 1 aromatic heterocycles. The van der Waals surface area contributed by atoms with Crippen LogP contribution < -0.4 is 10.6 Å². The van der Waals surface area contributed by atoms with E-state index in [2.05, 4.69) is 10.6 Å². The molecule has 0 unspecified atom stereocenters. The van der Waals surface area contributed by atoms with E-state index in [1.807, 2.05) is 19.9 Å². The zero-order valence-corrected chi connectivity index (χ0v) is 13.8. The first kappa shape index (κ1) is 17.6. The molecule has 1 aromatic carbocycles. The number of aromatic hydroxyl groups is 1. The third-order valence-electron chi connectivity index (χ3n) is 3.60. The van der Waals surface area contributed by atoms with Gasteiger partial charge in [0.25, 0.3) is 5.91 Å². The molecule has 0 saturated heterocycles. The lowest BCUT2D eigenvalue weighted by atomic mass is 10.0. The minimum absolute atomic E-state index is 0.0651. The largest absolute Gasteiger partial charge is 0.508 e. The summed E-state index contributed by atoms with van der Waals surface area (Å²) in [6.07, 6.45) is 2.01. The zero-order chi connectivity index (χ0) is 17.5. The fourth-order valence-electron chi connectivity index (χ4n) is 2.31. The highest BCUT2D eigenvalue weighted by molar-refractivity contribution is 5.95. The molecule has 0 aliphatic heterocycles. The molecule has 24 heavy (non-hydrogen) atoms. The number of benzene rings is 1. The molecule has 0 spiro atoms. The molecule has 2 rings (SSSR count). The molecule has 0 saturated carbocycles. The number of furan rings is 1. The quantitative estimate of drug-likeness (QED) is 0.725. The number of amides is 2. The van der Waals surface area contributed by atoms with Gasteiger partial charge in [-0.05, 0) is 42.2 Å². The molecule has 6 nitrogen and oxygen atoms in total. The summed E-state index contributed by atoms with van der Waals surface area (Å²) in [7, 11) is 0. The number of rotatable bonds is 7. The predicted octanol–water partition coefficient (Wildman–Crippen LogP) is 2.10. The zero-order valence-electron chi connectivity index (χ0n) is 13.8. The lowest BCUT2D eigenvalue weighted by Gasteiger charge is -2.21. The SMILES string of the molecule is CC(C)[C@H](NC(=O)c1ccco1)C(=O)NCCc1cccc(O)c1. The van der Waals surface area contributed by atoms with Crippen LogP contribution in [-0.2, 0) is 11.2 Å². The molecule has 6 heteroatoms. The van der Waals surface area contributed by atoms with Gasteiger partial charge in [-0.15, -0.1) is 0 Å². The van der Waals surface area contributed by atoms with Crippen LogP contribution in [0.3, 0.4) is 0 Å². The highest BCUT2D eigenvalue weighted by atomic mass is 16.3. The summed E-state index contributed by atoms with van der Waals surface area (Å²) in [4.78, 5) is 24.4. The van der Waals surface area contributed by atoms with Crippen molar-refractivity contribution in [3.8, 4) is 5.75 Å². The number of carbonyl (C=O) groups excluding carboxylic acids is 2. The molecule has 1 heterocycles. The lowest BCUT2D eigenvalue weighted by Crippen LogP contribution is -2.50. The average Bonchev–Trinajstić information content (AvgIpc) is 3.06. The Morgan fingerprint density at radius 1 is 1.21 bits per heavy atom. The maximum Gasteiger partial charge on any atom is 0.287 e. The molecule has 3 N–H and O–H groups in total. The van der Waals surface area contributed by atoms with Gasteiger partial charge in [-0.2, -0.15) is 0 Å². The molecule has 128 valence electrons. The van der Waals surface area contributed by atoms with E-state index in [-0.39, 0.29) is 23.3 Å². The van der Waals surface area contributed by atoms with Crippen molar-refractivity contribution in [2.24, 2.45) is 5.92 Å². The Morgan fingerprint density at radius 2 is 2.00 bits per heavy atom. The van der Waals surface area contributed by atoms with Crippen LogP contribution in [0.2, 0.25) is 0 Å². The molecule has 0 aliphatic rings. The molecule has 1 atom stereocenters. The fourth-order valence-corrected chi connectivity index (χ4v) is 2.31. The van der Waals surface area contributed by atoms with Crippen LogP contribution in [0.4, 0.5) is 0 Å². The van der Waals surface area contributed by atoms with E-state index in [1.54, 1.807) is 30.3 Å². The number of hydrogen-bond donors (Lipinski definition) is 3. The van der Waals surface area contributed by atoms with Crippen molar-refractivity contribution in [2.45, 2.75) is 26.3 Å². The summed E-state index contributed by atoms with van der Waals surface area (Å²) in [5.41, 5.74) is 0.927. The molecular formula is C18H22N2O4. The minimum Gasteiger partial charge on any atom is -0.508 e. The van der Waals surface area contributed by atoms with Crippen molar-refractivity contribution in [1.29, 1.82) is 0 Å². The maximum absolute atomic E-state index is 12.3. The van der Waals surface area contributed by atoms with Crippen molar-refractivity contribution in [3.63, 3.8) is 0 Å². The van der Waals surface area contributed by atoms with Gasteiger partial charge in [-0.3, -0.25) is 9.59 Å². The maximum atomic E-state index is 12.3. The van der Waals surface area contributed by atoms with Gasteiger partial charge < -0.3 is 20.2 Å². The summed E-state index contributed by atoms with van der Waals surface area (Å²) >= 11 is 0. The summed E-state index contributed by atoms with van der Waals surface area (Å²) in [6.45, 7) is 4.14. The second-order valence-corrected chi connectivity index (χ2v) is 5.88. The van der Waals surface area contributed by atoms with Crippen LogP contribution in [0.1, 0.15) is 30.0 Å². The van der Waals surface area contributed by atoms with Gasteiger partial charge in [-0.1, -0.05) is 26.0 Å². The number of nitrogens with one attached hydrogen (secondary N) is 2. The van der Waals surface area contributed by atoms with Gasteiger partial charge in [0.1, 0.15) is 11.8 Å². The molecule has 0 fully saturated rings. The topological polar surface area (TPSA) is 91.6 Å². The van der Waals surface area contributed by atoms with Crippen molar-refractivity contribution in [3.05, 3.63) is 54.0 Å². The summed E-state index contributed by atoms with van der Waals surface area (Å²) in [5.74, 6) is -0.352. The van der Waals surface area contributed by atoms with Crippen molar-refractivity contribution >= 4 is 11.8 Å². The van der Waals surface area contributed by atoms with Crippen LogP contribution in [-0.4, -0.2) is 29.5 Å². The standard InChI is InChI=1S/C18H22N2O4/c1-12(2)16(20-17(22)15-7-4-10-24-15)18(23)19-9-8-13-5-3-6-14(21)11-13/h3-7,10-12,16,21H,8-9H2,1-2H3,(H,19,23)(H,20,22)/t16-/m0/s1. The third kappa shape index (κ3) is 4.87. The van der Waals surface area contributed by atoms with Gasteiger partial charge in [0, 0.05) is 6.54 Å². The number of phenols is 1. The van der Waals surface area contributed by atoms with E-state index in [0.29, 0.717) is 13.0 Å². The molecule has 0 bridgehead atoms. The van der Waals surface area contributed by atoms with Crippen LogP contribution in [0.25, 0.3) is 0 Å². The Kier molecular flexibility index (Phi) is 6.01. The minimum atomic E-state index is -0.647. The highest BCUT2D eigenvalue weighted by Gasteiger charge is 2.25. The van der Waals surface area contributed by atoms with E-state index in [4.69, 9.17) is 4.42 Å². The Morgan fingerprint density at radius 3 is 2.62 bits per heavy atom. The Hall–Kier alpha value is -2.76. The molecule has 2 aromatic rings. The summed E-state index contributed by atoms with van der Waals surface area (Å²) in [6, 6.07) is 9.41. The molecular weight excluding hydrogens is 308 g/mol. The van der Waals surface area contributed by atoms with Gasteiger partial charge >= 0.3 is 0 Å². The second-order valence-electron chi connectivity index (χ2n) is 5.88. The lowest BCUT2D eigenvalue weighted by molar-refractivity contribution is -0.123. The van der Waals surface area contributed by atoms with E-state index in [0.717, 1.165) is 5.56 Å². The van der Waals surface area contributed by atoms with Crippen molar-refractivity contribution in [2.75, 3.05) is 6.54 Å². The number of carbonyl (C=O) groups is 2. The van der Waals surface area contributed by atoms with Crippen LogP contribution in [0.5, 0.6) is 5.75 Å². The second kappa shape index (κ2) is 8.19. The first-order chi connectivity index (χ1) is 11.5. The van der Waals surface area contributed by atoms with Crippen LogP contribution in [0, 0.1) is 5.92 Å². The van der Waals surface area contributed by atoms with Gasteiger partial charge in [-0.25, -0.2) is 0 Å². The predicted molar refractivity (Wildman–Crippen MR) is 89.6 cm³/mol. The highest BCUT2D eigenvalue weighted by Crippen LogP contribution is 2.11. The Balaban J connectivity index is 1.88. The van der Waals surface area contributed by atoms with Crippen molar-refractivity contribution < 1.29 is 19.1 Å². The molecule has 0 aliphatic carbocycles. The molecule has 0 radical (unpaired) electrons. The Bertz CT molecular complexity index is 680. The fraction of sp³-hybridized carbons (Fsp3) is 0.333.